The van der Waals surface area contributed by atoms with Crippen LogP contribution < -0.4 is 5.32 Å². The fourth-order valence-corrected chi connectivity index (χ4v) is 1.10. The summed E-state index contributed by atoms with van der Waals surface area (Å²) < 4.78 is 0. The maximum Gasteiger partial charge on any atom is 0.134 e. The van der Waals surface area contributed by atoms with Gasteiger partial charge in [0.15, 0.2) is 0 Å². The molecule has 66 valence electrons. The van der Waals surface area contributed by atoms with Gasteiger partial charge in [-0.3, -0.25) is 0 Å². The minimum atomic E-state index is 0.498. The van der Waals surface area contributed by atoms with E-state index in [-0.39, 0.29) is 0 Å². The van der Waals surface area contributed by atoms with Gasteiger partial charge in [0.05, 0.1) is 0 Å². The number of halogens is 1. The molecule has 12 heavy (non-hydrogen) atoms. The van der Waals surface area contributed by atoms with Crippen LogP contribution >= 0.6 is 11.6 Å². The Hall–Kier alpha value is -0.830. The fraction of sp³-hybridized carbons (Fsp3) is 0.500. The molecule has 1 rings (SSSR count). The number of hydrogen-bond acceptors (Lipinski definition) is 3. The van der Waals surface area contributed by atoms with Gasteiger partial charge in [-0.25, -0.2) is 9.97 Å². The highest BCUT2D eigenvalue weighted by molar-refractivity contribution is 6.29. The van der Waals surface area contributed by atoms with Gasteiger partial charge in [0.25, 0.3) is 0 Å². The van der Waals surface area contributed by atoms with Crippen molar-refractivity contribution in [2.75, 3.05) is 11.9 Å². The lowest BCUT2D eigenvalue weighted by Crippen LogP contribution is -2.02. The van der Waals surface area contributed by atoms with Crippen molar-refractivity contribution in [1.29, 1.82) is 0 Å². The second-order valence-electron chi connectivity index (χ2n) is 2.38. The van der Waals surface area contributed by atoms with Gasteiger partial charge in [-0.05, 0) is 6.92 Å². The highest BCUT2D eigenvalue weighted by Crippen LogP contribution is 2.11. The molecule has 1 N–H and O–H groups in total. The van der Waals surface area contributed by atoms with E-state index in [1.807, 2.05) is 13.8 Å². The molecule has 0 aliphatic heterocycles. The minimum absolute atomic E-state index is 0.498. The van der Waals surface area contributed by atoms with Crippen LogP contribution in [0.5, 0.6) is 0 Å². The van der Waals surface area contributed by atoms with Gasteiger partial charge in [0.2, 0.25) is 0 Å². The van der Waals surface area contributed by atoms with Gasteiger partial charge in [0.1, 0.15) is 16.8 Å². The molecule has 3 nitrogen and oxygen atoms in total. The fourth-order valence-electron chi connectivity index (χ4n) is 0.894. The van der Waals surface area contributed by atoms with E-state index in [1.165, 1.54) is 0 Å². The lowest BCUT2D eigenvalue weighted by molar-refractivity contribution is 0.936. The maximum atomic E-state index is 5.77. The third-order valence-electron chi connectivity index (χ3n) is 1.42. The first kappa shape index (κ1) is 9.26. The van der Waals surface area contributed by atoms with Gasteiger partial charge in [0, 0.05) is 19.0 Å². The molecule has 0 atom stereocenters. The molecule has 0 saturated heterocycles. The van der Waals surface area contributed by atoms with Crippen molar-refractivity contribution in [3.8, 4) is 0 Å². The van der Waals surface area contributed by atoms with Crippen molar-refractivity contribution in [3.63, 3.8) is 0 Å². The second-order valence-corrected chi connectivity index (χ2v) is 2.76. The first-order chi connectivity index (χ1) is 5.76. The Morgan fingerprint density at radius 3 is 2.75 bits per heavy atom. The van der Waals surface area contributed by atoms with E-state index in [2.05, 4.69) is 15.3 Å². The Bertz CT molecular complexity index is 262. The summed E-state index contributed by atoms with van der Waals surface area (Å²) in [5, 5.41) is 3.59. The van der Waals surface area contributed by atoms with E-state index >= 15 is 0 Å². The molecule has 0 spiro atoms. The van der Waals surface area contributed by atoms with E-state index in [0.29, 0.717) is 5.15 Å². The molecule has 0 unspecified atom stereocenters. The average molecular weight is 186 g/mol. The summed E-state index contributed by atoms with van der Waals surface area (Å²) >= 11 is 5.77. The first-order valence-corrected chi connectivity index (χ1v) is 4.41. The number of nitrogens with one attached hydrogen (secondary N) is 1. The SMILES string of the molecule is CCNc1cc(Cl)nc(CC)n1. The number of aryl methyl sites for hydroxylation is 1. The third-order valence-corrected chi connectivity index (χ3v) is 1.61. The zero-order chi connectivity index (χ0) is 8.97. The van der Waals surface area contributed by atoms with Gasteiger partial charge in [-0.2, -0.15) is 0 Å². The zero-order valence-corrected chi connectivity index (χ0v) is 8.02. The molecule has 0 amide bonds. The largest absolute Gasteiger partial charge is 0.370 e. The molecule has 0 aliphatic carbocycles. The monoisotopic (exact) mass is 185 g/mol. The van der Waals surface area contributed by atoms with E-state index < -0.39 is 0 Å². The molecule has 0 fully saturated rings. The summed E-state index contributed by atoms with van der Waals surface area (Å²) in [4.78, 5) is 8.28. The summed E-state index contributed by atoms with van der Waals surface area (Å²) in [5.74, 6) is 1.58. The van der Waals surface area contributed by atoms with E-state index in [9.17, 15) is 0 Å². The standard InChI is InChI=1S/C8H12ClN3/c1-3-7-11-6(9)5-8(12-7)10-4-2/h5H,3-4H2,1-2H3,(H,10,11,12). The number of rotatable bonds is 3. The molecule has 1 aromatic rings. The van der Waals surface area contributed by atoms with E-state index in [4.69, 9.17) is 11.6 Å². The Labute approximate surface area is 77.2 Å². The molecule has 1 aromatic heterocycles. The number of anilines is 1. The van der Waals surface area contributed by atoms with Crippen LogP contribution in [0.25, 0.3) is 0 Å². The van der Waals surface area contributed by atoms with Gasteiger partial charge in [-0.1, -0.05) is 18.5 Å². The van der Waals surface area contributed by atoms with Crippen LogP contribution in [0.3, 0.4) is 0 Å². The van der Waals surface area contributed by atoms with Crippen molar-refractivity contribution in [2.24, 2.45) is 0 Å². The Morgan fingerprint density at radius 2 is 2.17 bits per heavy atom. The molecule has 0 aliphatic rings. The predicted octanol–water partition coefficient (Wildman–Crippen LogP) is 2.12. The van der Waals surface area contributed by atoms with Crippen molar-refractivity contribution >= 4 is 17.4 Å². The van der Waals surface area contributed by atoms with Crippen LogP contribution in [0.1, 0.15) is 19.7 Å². The van der Waals surface area contributed by atoms with E-state index in [0.717, 1.165) is 24.6 Å². The van der Waals surface area contributed by atoms with Crippen LogP contribution in [0, 0.1) is 0 Å². The molecule has 0 saturated carbocycles. The van der Waals surface area contributed by atoms with Crippen molar-refractivity contribution in [1.82, 2.24) is 9.97 Å². The Kier molecular flexibility index (Phi) is 3.29. The number of aromatic nitrogens is 2. The van der Waals surface area contributed by atoms with Gasteiger partial charge < -0.3 is 5.32 Å². The maximum absolute atomic E-state index is 5.77. The van der Waals surface area contributed by atoms with Crippen molar-refractivity contribution in [3.05, 3.63) is 17.0 Å². The molecule has 0 aromatic carbocycles. The van der Waals surface area contributed by atoms with Crippen molar-refractivity contribution < 1.29 is 0 Å². The average Bonchev–Trinajstić information content (AvgIpc) is 2.04. The minimum Gasteiger partial charge on any atom is -0.370 e. The van der Waals surface area contributed by atoms with Crippen molar-refractivity contribution in [2.45, 2.75) is 20.3 Å². The molecule has 1 heterocycles. The highest BCUT2D eigenvalue weighted by atomic mass is 35.5. The molecule has 4 heteroatoms. The first-order valence-electron chi connectivity index (χ1n) is 4.03. The highest BCUT2D eigenvalue weighted by Gasteiger charge is 1.99. The Morgan fingerprint density at radius 1 is 1.42 bits per heavy atom. The predicted molar refractivity (Wildman–Crippen MR) is 50.6 cm³/mol. The summed E-state index contributed by atoms with van der Waals surface area (Å²) in [6, 6.07) is 1.73. The lowest BCUT2D eigenvalue weighted by Gasteiger charge is -2.03. The summed E-state index contributed by atoms with van der Waals surface area (Å²) in [5.41, 5.74) is 0. The van der Waals surface area contributed by atoms with E-state index in [1.54, 1.807) is 6.07 Å². The molecular weight excluding hydrogens is 174 g/mol. The molecule has 0 radical (unpaired) electrons. The number of hydrogen-bond donors (Lipinski definition) is 1. The quantitative estimate of drug-likeness (QED) is 0.734. The summed E-state index contributed by atoms with van der Waals surface area (Å²) in [6.07, 6.45) is 0.805. The van der Waals surface area contributed by atoms with Crippen LogP contribution in [0.15, 0.2) is 6.07 Å². The third kappa shape index (κ3) is 2.34. The summed E-state index contributed by atoms with van der Waals surface area (Å²) in [6.45, 7) is 4.86. The van der Waals surface area contributed by atoms with Crippen LogP contribution in [-0.4, -0.2) is 16.5 Å². The van der Waals surface area contributed by atoms with Crippen LogP contribution in [-0.2, 0) is 6.42 Å². The van der Waals surface area contributed by atoms with Crippen LogP contribution in [0.2, 0.25) is 5.15 Å². The smallest absolute Gasteiger partial charge is 0.134 e. The Balaban J connectivity index is 2.90. The van der Waals surface area contributed by atoms with Gasteiger partial charge in [-0.15, -0.1) is 0 Å². The van der Waals surface area contributed by atoms with Gasteiger partial charge >= 0.3 is 0 Å². The summed E-state index contributed by atoms with van der Waals surface area (Å²) in [7, 11) is 0. The topological polar surface area (TPSA) is 37.8 Å². The second kappa shape index (κ2) is 4.26. The number of nitrogens with zero attached hydrogens (tertiary/aromatic N) is 2. The molecule has 0 bridgehead atoms. The lowest BCUT2D eigenvalue weighted by atomic mass is 10.4. The molecular formula is C8H12ClN3. The van der Waals surface area contributed by atoms with Crippen LogP contribution in [0.4, 0.5) is 5.82 Å². The zero-order valence-electron chi connectivity index (χ0n) is 7.26. The normalized spacial score (nSPS) is 9.92.